The molecule has 4 unspecified atom stereocenters. The van der Waals surface area contributed by atoms with Crippen LogP contribution in [0.3, 0.4) is 0 Å². The predicted molar refractivity (Wildman–Crippen MR) is 152 cm³/mol. The number of hydrogen-bond donors (Lipinski definition) is 7. The smallest absolute Gasteiger partial charge is 0.326 e. The van der Waals surface area contributed by atoms with Crippen LogP contribution in [0.4, 0.5) is 0 Å². The summed E-state index contributed by atoms with van der Waals surface area (Å²) in [5, 5.41) is 27.0. The van der Waals surface area contributed by atoms with Crippen molar-refractivity contribution >= 4 is 64.1 Å². The fourth-order valence-corrected chi connectivity index (χ4v) is 4.77. The lowest BCUT2D eigenvalue weighted by Crippen LogP contribution is -2.58. The first-order valence-electron chi connectivity index (χ1n) is 12.2. The van der Waals surface area contributed by atoms with Gasteiger partial charge in [0.1, 0.15) is 18.1 Å². The van der Waals surface area contributed by atoms with Crippen LogP contribution in [0.5, 0.6) is 0 Å². The summed E-state index contributed by atoms with van der Waals surface area (Å²) in [4.78, 5) is 65.2. The summed E-state index contributed by atoms with van der Waals surface area (Å²) in [5.41, 5.74) is 7.53. The minimum atomic E-state index is -1.57. The number of H-pyrrole nitrogens is 1. The number of fused-ring (bicyclic) bond motifs is 1. The fourth-order valence-electron chi connectivity index (χ4n) is 3.81. The van der Waals surface area contributed by atoms with E-state index in [4.69, 9.17) is 5.73 Å². The van der Waals surface area contributed by atoms with Gasteiger partial charge in [0.25, 0.3) is 0 Å². The molecule has 1 aromatic carbocycles. The van der Waals surface area contributed by atoms with Gasteiger partial charge in [0.2, 0.25) is 17.7 Å². The normalized spacial score (nSPS) is 14.1. The number of hydrogen-bond acceptors (Lipinski definition) is 8. The Morgan fingerprint density at radius 2 is 1.46 bits per heavy atom. The Morgan fingerprint density at radius 1 is 0.872 bits per heavy atom. The molecule has 214 valence electrons. The second-order valence-electron chi connectivity index (χ2n) is 8.85. The lowest BCUT2D eigenvalue weighted by molar-refractivity contribution is -0.143. The summed E-state index contributed by atoms with van der Waals surface area (Å²) < 4.78 is 0. The maximum Gasteiger partial charge on any atom is 0.326 e. The molecule has 39 heavy (non-hydrogen) atoms. The monoisotopic (exact) mass is 581 g/mol. The van der Waals surface area contributed by atoms with Gasteiger partial charge in [-0.1, -0.05) is 18.2 Å². The standard InChI is InChI=1S/C25H35N5O7S2/c1-38-9-7-16(26)22(33)29-19(11-14-13-27-17-6-4-3-5-15(14)17)23(34)30-20(12-21(31)32)24(35)28-18(25(36)37)8-10-39-2/h3-6,13,16,18-20,27H,7-12,26H2,1-2H3,(H,28,35)(H,29,33)(H,30,34)(H,31,32)(H,36,37). The molecule has 0 spiro atoms. The van der Waals surface area contributed by atoms with E-state index in [-0.39, 0.29) is 12.8 Å². The predicted octanol–water partition coefficient (Wildman–Crippen LogP) is 0.558. The Balaban J connectivity index is 2.28. The van der Waals surface area contributed by atoms with Crippen molar-refractivity contribution in [2.75, 3.05) is 24.0 Å². The highest BCUT2D eigenvalue weighted by Crippen LogP contribution is 2.19. The molecule has 0 fully saturated rings. The molecule has 4 atom stereocenters. The van der Waals surface area contributed by atoms with Crippen molar-refractivity contribution < 1.29 is 34.2 Å². The quantitative estimate of drug-likeness (QED) is 0.138. The third-order valence-electron chi connectivity index (χ3n) is 5.94. The molecule has 2 rings (SSSR count). The van der Waals surface area contributed by atoms with E-state index in [0.717, 1.165) is 10.9 Å². The van der Waals surface area contributed by atoms with E-state index < -0.39 is 60.2 Å². The fraction of sp³-hybridized carbons (Fsp3) is 0.480. The van der Waals surface area contributed by atoms with Crippen LogP contribution in [-0.4, -0.2) is 93.0 Å². The van der Waals surface area contributed by atoms with Crippen LogP contribution in [-0.2, 0) is 30.4 Å². The van der Waals surface area contributed by atoms with E-state index in [2.05, 4.69) is 20.9 Å². The average molecular weight is 582 g/mol. The maximum absolute atomic E-state index is 13.4. The highest BCUT2D eigenvalue weighted by Gasteiger charge is 2.32. The maximum atomic E-state index is 13.4. The van der Waals surface area contributed by atoms with Crippen molar-refractivity contribution in [1.29, 1.82) is 0 Å². The molecule has 1 aromatic heterocycles. The molecule has 14 heteroatoms. The van der Waals surface area contributed by atoms with Crippen LogP contribution < -0.4 is 21.7 Å². The number of carboxylic acid groups (broad SMARTS) is 2. The second kappa shape index (κ2) is 16.0. The molecule has 3 amide bonds. The summed E-state index contributed by atoms with van der Waals surface area (Å²) in [6.45, 7) is 0. The molecule has 0 aliphatic carbocycles. The number of nitrogens with one attached hydrogen (secondary N) is 4. The van der Waals surface area contributed by atoms with Crippen molar-refractivity contribution in [3.8, 4) is 0 Å². The molecule has 0 aliphatic heterocycles. The molecule has 8 N–H and O–H groups in total. The van der Waals surface area contributed by atoms with Gasteiger partial charge in [-0.2, -0.15) is 23.5 Å². The van der Waals surface area contributed by atoms with Crippen LogP contribution in [0, 0.1) is 0 Å². The molecular weight excluding hydrogens is 546 g/mol. The molecule has 0 saturated carbocycles. The van der Waals surface area contributed by atoms with E-state index in [1.54, 1.807) is 12.5 Å². The summed E-state index contributed by atoms with van der Waals surface area (Å²) >= 11 is 2.91. The van der Waals surface area contributed by atoms with Gasteiger partial charge in [-0.15, -0.1) is 0 Å². The first kappa shape index (κ1) is 32.0. The van der Waals surface area contributed by atoms with Gasteiger partial charge in [0, 0.05) is 23.5 Å². The summed E-state index contributed by atoms with van der Waals surface area (Å²) in [6, 6.07) is 2.49. The number of nitrogens with two attached hydrogens (primary N) is 1. The number of benzene rings is 1. The minimum absolute atomic E-state index is 0.0315. The first-order chi connectivity index (χ1) is 18.6. The Hall–Kier alpha value is -3.23. The van der Waals surface area contributed by atoms with Gasteiger partial charge in [0.05, 0.1) is 12.5 Å². The van der Waals surface area contributed by atoms with Crippen molar-refractivity contribution in [2.24, 2.45) is 5.73 Å². The van der Waals surface area contributed by atoms with Crippen molar-refractivity contribution in [3.05, 3.63) is 36.0 Å². The molecule has 0 bridgehead atoms. The van der Waals surface area contributed by atoms with E-state index in [1.165, 1.54) is 23.5 Å². The Kier molecular flexibility index (Phi) is 13.1. The van der Waals surface area contributed by atoms with E-state index >= 15 is 0 Å². The van der Waals surface area contributed by atoms with Gasteiger partial charge >= 0.3 is 11.9 Å². The Bertz CT molecular complexity index is 1160. The van der Waals surface area contributed by atoms with Crippen LogP contribution in [0.15, 0.2) is 30.5 Å². The van der Waals surface area contributed by atoms with E-state index in [1.807, 2.05) is 30.5 Å². The van der Waals surface area contributed by atoms with E-state index in [9.17, 15) is 34.2 Å². The lowest BCUT2D eigenvalue weighted by atomic mass is 10.0. The van der Waals surface area contributed by atoms with Crippen molar-refractivity contribution in [1.82, 2.24) is 20.9 Å². The molecule has 1 heterocycles. The second-order valence-corrected chi connectivity index (χ2v) is 10.8. The minimum Gasteiger partial charge on any atom is -0.481 e. The number of thioether (sulfide) groups is 2. The molecule has 0 saturated heterocycles. The third-order valence-corrected chi connectivity index (χ3v) is 7.23. The van der Waals surface area contributed by atoms with Gasteiger partial charge in [-0.3, -0.25) is 19.2 Å². The van der Waals surface area contributed by atoms with Gasteiger partial charge < -0.3 is 36.9 Å². The molecular formula is C25H35N5O7S2. The number of aliphatic carboxylic acids is 2. The highest BCUT2D eigenvalue weighted by atomic mass is 32.2. The molecule has 12 nitrogen and oxygen atoms in total. The lowest BCUT2D eigenvalue weighted by Gasteiger charge is -2.24. The SMILES string of the molecule is CSCCC(N)C(=O)NC(Cc1c[nH]c2ccccc12)C(=O)NC(CC(=O)O)C(=O)NC(CCSC)C(=O)O. The summed E-state index contributed by atoms with van der Waals surface area (Å²) in [6.07, 6.45) is 5.10. The Labute approximate surface area is 234 Å². The van der Waals surface area contributed by atoms with Crippen molar-refractivity contribution in [3.63, 3.8) is 0 Å². The highest BCUT2D eigenvalue weighted by molar-refractivity contribution is 7.98. The molecule has 2 aromatic rings. The number of carbonyl (C=O) groups excluding carboxylic acids is 3. The zero-order valence-electron chi connectivity index (χ0n) is 21.8. The van der Waals surface area contributed by atoms with Crippen LogP contribution in [0.2, 0.25) is 0 Å². The zero-order chi connectivity index (χ0) is 28.9. The topological polar surface area (TPSA) is 204 Å². The number of amides is 3. The van der Waals surface area contributed by atoms with Crippen molar-refractivity contribution in [2.45, 2.75) is 49.9 Å². The number of rotatable bonds is 17. The number of aromatic nitrogens is 1. The third kappa shape index (κ3) is 10.1. The number of carboxylic acids is 2. The van der Waals surface area contributed by atoms with Gasteiger partial charge in [-0.05, 0) is 48.5 Å². The molecule has 0 radical (unpaired) electrons. The number of para-hydroxylation sites is 1. The first-order valence-corrected chi connectivity index (χ1v) is 15.0. The van der Waals surface area contributed by atoms with Gasteiger partial charge in [0.15, 0.2) is 0 Å². The summed E-state index contributed by atoms with van der Waals surface area (Å²) in [7, 11) is 0. The number of carbonyl (C=O) groups is 5. The largest absolute Gasteiger partial charge is 0.481 e. The van der Waals surface area contributed by atoms with E-state index in [0.29, 0.717) is 23.5 Å². The molecule has 0 aliphatic rings. The van der Waals surface area contributed by atoms with Crippen LogP contribution >= 0.6 is 23.5 Å². The Morgan fingerprint density at radius 3 is 2.10 bits per heavy atom. The summed E-state index contributed by atoms with van der Waals surface area (Å²) in [5.74, 6) is -3.88. The van der Waals surface area contributed by atoms with Gasteiger partial charge in [-0.25, -0.2) is 4.79 Å². The average Bonchev–Trinajstić information content (AvgIpc) is 3.30. The number of aromatic amines is 1. The zero-order valence-corrected chi connectivity index (χ0v) is 23.4. The van der Waals surface area contributed by atoms with Crippen LogP contribution in [0.1, 0.15) is 24.8 Å². The van der Waals surface area contributed by atoms with Crippen LogP contribution in [0.25, 0.3) is 10.9 Å².